The van der Waals surface area contributed by atoms with Gasteiger partial charge in [-0.3, -0.25) is 0 Å². The van der Waals surface area contributed by atoms with Crippen molar-refractivity contribution in [3.05, 3.63) is 0 Å². The molecule has 2 nitrogen and oxygen atoms in total. The molecule has 7 heavy (non-hydrogen) atoms. The Morgan fingerprint density at radius 1 is 1.71 bits per heavy atom. The van der Waals surface area contributed by atoms with E-state index >= 15 is 0 Å². The predicted molar refractivity (Wildman–Crippen MR) is 21.6 cm³/mol. The topological polar surface area (TPSA) is 40.1 Å². The summed E-state index contributed by atoms with van der Waals surface area (Å²) in [6.07, 6.45) is 0.153. The average molecular weight is 175 g/mol. The Balaban J connectivity index is 0. The number of carbonyl (C=O) groups excluding carboxylic acids is 1. The zero-order chi connectivity index (χ0) is 4.99. The normalized spacial score (nSPS) is 7.00. The summed E-state index contributed by atoms with van der Waals surface area (Å²) in [4.78, 5) is 9.48. The minimum atomic E-state index is -0.976. The molecule has 0 amide bonds. The van der Waals surface area contributed by atoms with E-state index in [1.807, 2.05) is 0 Å². The summed E-state index contributed by atoms with van der Waals surface area (Å²) in [7, 11) is 0. The first-order chi connectivity index (χ1) is 2.77. The number of rotatable bonds is 2. The first-order valence-electron chi connectivity index (χ1n) is 1.58. The van der Waals surface area contributed by atoms with Gasteiger partial charge in [0.25, 0.3) is 0 Å². The summed E-state index contributed by atoms with van der Waals surface area (Å²) >= 11 is 2.18. The molecule has 0 heterocycles. The Bertz CT molecular complexity index is 56.9. The third-order valence-electron chi connectivity index (χ3n) is 0.316. The fourth-order valence-corrected chi connectivity index (χ4v) is 0.474. The number of hydrogen-bond acceptors (Lipinski definition) is 2. The number of carboxylic acids is 1. The van der Waals surface area contributed by atoms with Crippen LogP contribution in [-0.2, 0) is 4.79 Å². The van der Waals surface area contributed by atoms with Gasteiger partial charge < -0.3 is 0 Å². The van der Waals surface area contributed by atoms with Crippen LogP contribution in [0.3, 0.4) is 0 Å². The van der Waals surface area contributed by atoms with E-state index in [4.69, 9.17) is 0 Å². The maximum Gasteiger partial charge on any atom is 1.00 e. The fraction of sp³-hybridized carbons (Fsp3) is 0.667. The van der Waals surface area contributed by atoms with Gasteiger partial charge in [-0.2, -0.15) is 0 Å². The molecule has 0 atom stereocenters. The molecule has 0 bridgehead atoms. The van der Waals surface area contributed by atoms with Gasteiger partial charge in [0, 0.05) is 0 Å². The van der Waals surface area contributed by atoms with E-state index in [-0.39, 0.29) is 36.0 Å². The maximum absolute atomic E-state index is 9.48. The van der Waals surface area contributed by atoms with Gasteiger partial charge in [-0.05, 0) is 0 Å². The van der Waals surface area contributed by atoms with Crippen molar-refractivity contribution in [2.24, 2.45) is 0 Å². The minimum Gasteiger partial charge on any atom is 1.00 e. The van der Waals surface area contributed by atoms with Crippen LogP contribution in [0.5, 0.6) is 0 Å². The van der Waals surface area contributed by atoms with E-state index in [1.165, 1.54) is 0 Å². The van der Waals surface area contributed by atoms with Gasteiger partial charge in [0.05, 0.1) is 0 Å². The van der Waals surface area contributed by atoms with E-state index in [1.54, 1.807) is 0 Å². The molecule has 0 aromatic carbocycles. The van der Waals surface area contributed by atoms with Crippen LogP contribution < -0.4 is 34.7 Å². The van der Waals surface area contributed by atoms with Crippen LogP contribution in [0.15, 0.2) is 0 Å². The molecular formula is C3H5NaO2Se. The van der Waals surface area contributed by atoms with Gasteiger partial charge in [-0.1, -0.05) is 0 Å². The average Bonchev–Trinajstić information content (AvgIpc) is 1.35. The monoisotopic (exact) mass is 176 g/mol. The summed E-state index contributed by atoms with van der Waals surface area (Å²) in [5.41, 5.74) is 0. The Labute approximate surface area is 72.8 Å². The molecule has 0 fully saturated rings. The van der Waals surface area contributed by atoms with E-state index in [2.05, 4.69) is 16.0 Å². The summed E-state index contributed by atoms with van der Waals surface area (Å²) in [6, 6.07) is 0. The van der Waals surface area contributed by atoms with Crippen molar-refractivity contribution in [3.63, 3.8) is 0 Å². The molecular weight excluding hydrogens is 170 g/mol. The molecule has 0 unspecified atom stereocenters. The number of hydrogen-bond donors (Lipinski definition) is 0. The summed E-state index contributed by atoms with van der Waals surface area (Å²) in [5.74, 6) is -0.976. The standard InChI is InChI=1S/C3H6O2Se.Na/c4-3(5)1-2-6;/h6H,1-2H2,(H,4,5);/q;+1/p-1. The van der Waals surface area contributed by atoms with Gasteiger partial charge in [0.2, 0.25) is 0 Å². The van der Waals surface area contributed by atoms with Crippen LogP contribution in [-0.4, -0.2) is 22.0 Å². The molecule has 4 heteroatoms. The van der Waals surface area contributed by atoms with Crippen LogP contribution >= 0.6 is 0 Å². The third-order valence-corrected chi connectivity index (χ3v) is 0.785. The Morgan fingerprint density at radius 2 is 2.14 bits per heavy atom. The molecule has 0 saturated heterocycles. The van der Waals surface area contributed by atoms with Crippen molar-refractivity contribution in [3.8, 4) is 0 Å². The molecule has 0 aliphatic heterocycles. The maximum atomic E-state index is 9.48. The number of carboxylic acid groups (broad SMARTS) is 1. The van der Waals surface area contributed by atoms with Gasteiger partial charge >= 0.3 is 73.2 Å². The molecule has 0 aliphatic carbocycles. The Hall–Kier alpha value is 0.989. The van der Waals surface area contributed by atoms with E-state index in [0.29, 0.717) is 5.32 Å². The largest absolute Gasteiger partial charge is 1.00 e. The van der Waals surface area contributed by atoms with Crippen molar-refractivity contribution in [2.75, 3.05) is 0 Å². The number of carbonyl (C=O) groups is 1. The van der Waals surface area contributed by atoms with E-state index < -0.39 is 5.97 Å². The fourth-order valence-electron chi connectivity index (χ4n) is 0.0913. The van der Waals surface area contributed by atoms with Crippen LogP contribution in [0.1, 0.15) is 6.42 Å². The van der Waals surface area contributed by atoms with E-state index in [0.717, 1.165) is 0 Å². The Morgan fingerprint density at radius 3 is 2.14 bits per heavy atom. The van der Waals surface area contributed by atoms with Crippen molar-refractivity contribution in [2.45, 2.75) is 11.7 Å². The van der Waals surface area contributed by atoms with Crippen LogP contribution in [0.25, 0.3) is 0 Å². The van der Waals surface area contributed by atoms with Gasteiger partial charge in [0.1, 0.15) is 0 Å². The molecule has 0 radical (unpaired) electrons. The third kappa shape index (κ3) is 10.9. The zero-order valence-electron chi connectivity index (χ0n) is 4.18. The summed E-state index contributed by atoms with van der Waals surface area (Å²) < 4.78 is 0. The van der Waals surface area contributed by atoms with Crippen molar-refractivity contribution >= 4 is 22.0 Å². The van der Waals surface area contributed by atoms with Crippen LogP contribution in [0.4, 0.5) is 0 Å². The van der Waals surface area contributed by atoms with Gasteiger partial charge in [0.15, 0.2) is 0 Å². The van der Waals surface area contributed by atoms with E-state index in [9.17, 15) is 9.90 Å². The molecule has 0 rings (SSSR count). The van der Waals surface area contributed by atoms with Crippen molar-refractivity contribution in [1.82, 2.24) is 0 Å². The summed E-state index contributed by atoms with van der Waals surface area (Å²) in [6.45, 7) is 0. The molecule has 0 spiro atoms. The van der Waals surface area contributed by atoms with Crippen molar-refractivity contribution in [1.29, 1.82) is 0 Å². The Kier molecular flexibility index (Phi) is 10.9. The first-order valence-corrected chi connectivity index (χ1v) is 2.90. The minimum absolute atomic E-state index is 0. The molecule has 0 aliphatic rings. The SMILES string of the molecule is O=C([O-])CC[SeH].[Na+]. The second-order valence-corrected chi connectivity index (χ2v) is 1.78. The molecule has 36 valence electrons. The number of aliphatic carboxylic acids is 1. The second-order valence-electron chi connectivity index (χ2n) is 0.846. The molecule has 0 aromatic heterocycles. The smallest absolute Gasteiger partial charge is 1.00 e. The van der Waals surface area contributed by atoms with Gasteiger partial charge in [-0.15, -0.1) is 0 Å². The second kappa shape index (κ2) is 6.99. The van der Waals surface area contributed by atoms with Crippen LogP contribution in [0.2, 0.25) is 5.32 Å². The molecule has 0 N–H and O–H groups in total. The van der Waals surface area contributed by atoms with Crippen LogP contribution in [0, 0.1) is 0 Å². The summed E-state index contributed by atoms with van der Waals surface area (Å²) in [5, 5.41) is 10.1. The predicted octanol–water partition coefficient (Wildman–Crippen LogP) is -4.55. The molecule has 0 saturated carbocycles. The van der Waals surface area contributed by atoms with Gasteiger partial charge in [-0.25, -0.2) is 0 Å². The zero-order valence-corrected chi connectivity index (χ0v) is 8.05. The first kappa shape index (κ1) is 10.9. The quantitative estimate of drug-likeness (QED) is 0.396. The van der Waals surface area contributed by atoms with Crippen molar-refractivity contribution < 1.29 is 39.5 Å². The molecule has 0 aromatic rings.